The number of ether oxygens (including phenoxy) is 1. The predicted molar refractivity (Wildman–Crippen MR) is 46.1 cm³/mol. The number of hydrogen-bond acceptors (Lipinski definition) is 4. The van der Waals surface area contributed by atoms with Crippen molar-refractivity contribution in [1.82, 2.24) is 0 Å². The zero-order valence-corrected chi connectivity index (χ0v) is 13.9. The molecule has 0 saturated heterocycles. The van der Waals surface area contributed by atoms with Gasteiger partial charge >= 0.3 is 59.1 Å². The molecule has 0 N–H and O–H groups in total. The number of benzene rings is 1. The molecule has 0 unspecified atom stereocenters. The summed E-state index contributed by atoms with van der Waals surface area (Å²) in [6.45, 7) is 0. The summed E-state index contributed by atoms with van der Waals surface area (Å²) in [6.07, 6.45) is -2.33. The van der Waals surface area contributed by atoms with Gasteiger partial charge in [-0.15, -0.1) is 0 Å². The zero-order valence-electron chi connectivity index (χ0n) is 11.3. The SMILES string of the molecule is O=C([O-])[O-].[2H]C([2H])([2H])Oc1ccccc1Br.[Na+].[Na+]. The number of hydrogen-bond donors (Lipinski definition) is 0. The molecule has 1 rings (SSSR count). The average Bonchev–Trinajstić information content (AvgIpc) is 2.05. The van der Waals surface area contributed by atoms with Crippen LogP contribution in [0.15, 0.2) is 28.7 Å². The van der Waals surface area contributed by atoms with E-state index in [4.69, 9.17) is 19.1 Å². The Morgan fingerprint density at radius 3 is 2.27 bits per heavy atom. The number of carboxylic acid groups (broad SMARTS) is 2. The second kappa shape index (κ2) is 12.8. The molecule has 15 heavy (non-hydrogen) atoms. The monoisotopic (exact) mass is 295 g/mol. The Hall–Kier alpha value is 0.770. The number of carbonyl (C=O) groups is 1. The van der Waals surface area contributed by atoms with Gasteiger partial charge in [0, 0.05) is 0 Å². The summed E-state index contributed by atoms with van der Waals surface area (Å²) in [5.74, 6) is 0.331. The Morgan fingerprint density at radius 1 is 1.40 bits per heavy atom. The fourth-order valence-corrected chi connectivity index (χ4v) is 0.893. The molecule has 0 atom stereocenters. The van der Waals surface area contributed by atoms with E-state index in [1.165, 1.54) is 0 Å². The van der Waals surface area contributed by atoms with E-state index < -0.39 is 13.2 Å². The van der Waals surface area contributed by atoms with Crippen LogP contribution in [0.25, 0.3) is 0 Å². The molecule has 0 heterocycles. The van der Waals surface area contributed by atoms with Crippen LogP contribution in [-0.4, -0.2) is 13.2 Å². The van der Waals surface area contributed by atoms with Crippen LogP contribution >= 0.6 is 15.9 Å². The van der Waals surface area contributed by atoms with Gasteiger partial charge in [0.15, 0.2) is 0 Å². The Balaban J connectivity index is -0.000000332. The standard InChI is InChI=1S/C7H7BrO.CH2O3.2Na/c1-9-7-5-3-2-4-6(7)8;2-1(3)4;;/h2-5H,1H3;(H2,2,3,4);;/q;;2*+1/p-2/i1D3;;;. The first-order chi connectivity index (χ1) is 7.22. The van der Waals surface area contributed by atoms with Crippen LogP contribution < -0.4 is 74.1 Å². The quantitative estimate of drug-likeness (QED) is 0.484. The third kappa shape index (κ3) is 12.7. The van der Waals surface area contributed by atoms with Gasteiger partial charge in [0.25, 0.3) is 0 Å². The van der Waals surface area contributed by atoms with Crippen molar-refractivity contribution in [3.05, 3.63) is 28.7 Å². The van der Waals surface area contributed by atoms with Crippen molar-refractivity contribution in [2.75, 3.05) is 7.04 Å². The normalized spacial score (nSPS) is 10.9. The van der Waals surface area contributed by atoms with Gasteiger partial charge in [-0.1, -0.05) is 12.1 Å². The van der Waals surface area contributed by atoms with E-state index in [0.717, 1.165) is 0 Å². The van der Waals surface area contributed by atoms with Gasteiger partial charge in [0.05, 0.1) is 15.6 Å². The Morgan fingerprint density at radius 2 is 1.87 bits per heavy atom. The second-order valence-electron chi connectivity index (χ2n) is 1.78. The number of halogens is 1. The molecule has 0 spiro atoms. The molecule has 0 aliphatic heterocycles. The number of para-hydroxylation sites is 1. The van der Waals surface area contributed by atoms with E-state index in [1.807, 2.05) is 0 Å². The van der Waals surface area contributed by atoms with Crippen LogP contribution in [0, 0.1) is 0 Å². The van der Waals surface area contributed by atoms with E-state index in [9.17, 15) is 0 Å². The molecule has 0 amide bonds. The van der Waals surface area contributed by atoms with Crippen LogP contribution in [0.4, 0.5) is 4.79 Å². The van der Waals surface area contributed by atoms with Crippen LogP contribution in [-0.2, 0) is 0 Å². The smallest absolute Gasteiger partial charge is 0.652 e. The molecule has 0 fully saturated rings. The Kier molecular flexibility index (Phi) is 11.8. The molecule has 72 valence electrons. The van der Waals surface area contributed by atoms with Crippen LogP contribution in [0.1, 0.15) is 4.11 Å². The summed E-state index contributed by atoms with van der Waals surface area (Å²) < 4.78 is 25.9. The summed E-state index contributed by atoms with van der Waals surface area (Å²) in [6, 6.07) is 6.82. The summed E-state index contributed by atoms with van der Waals surface area (Å²) in [4.78, 5) is 8.33. The third-order valence-corrected chi connectivity index (χ3v) is 1.60. The van der Waals surface area contributed by atoms with Crippen LogP contribution in [0.3, 0.4) is 0 Å². The van der Waals surface area contributed by atoms with Crippen molar-refractivity contribution in [2.45, 2.75) is 0 Å². The van der Waals surface area contributed by atoms with Gasteiger partial charge in [-0.25, -0.2) is 0 Å². The maximum atomic E-state index is 8.33. The maximum Gasteiger partial charge on any atom is 1.00 e. The van der Waals surface area contributed by atoms with Crippen molar-refractivity contribution >= 4 is 22.1 Å². The molecule has 7 heteroatoms. The fraction of sp³-hybridized carbons (Fsp3) is 0.125. The van der Waals surface area contributed by atoms with Crippen molar-refractivity contribution in [2.24, 2.45) is 0 Å². The zero-order chi connectivity index (χ0) is 12.8. The minimum absolute atomic E-state index is 0. The molecular weight excluding hydrogens is 286 g/mol. The van der Waals surface area contributed by atoms with Crippen molar-refractivity contribution in [3.63, 3.8) is 0 Å². The van der Waals surface area contributed by atoms with E-state index in [-0.39, 0.29) is 59.1 Å². The summed E-state index contributed by atoms with van der Waals surface area (Å²) >= 11 is 3.17. The molecule has 4 nitrogen and oxygen atoms in total. The molecule has 1 aromatic rings. The van der Waals surface area contributed by atoms with Gasteiger partial charge < -0.3 is 19.7 Å². The van der Waals surface area contributed by atoms with Gasteiger partial charge in [-0.05, 0) is 34.2 Å². The van der Waals surface area contributed by atoms with Gasteiger partial charge in [0.1, 0.15) is 5.75 Å². The second-order valence-corrected chi connectivity index (χ2v) is 2.64. The van der Waals surface area contributed by atoms with E-state index in [0.29, 0.717) is 10.2 Å². The molecule has 0 aliphatic carbocycles. The molecule has 0 aromatic heterocycles. The van der Waals surface area contributed by atoms with E-state index >= 15 is 0 Å². The van der Waals surface area contributed by atoms with Crippen molar-refractivity contribution in [3.8, 4) is 5.75 Å². The van der Waals surface area contributed by atoms with Gasteiger partial charge in [-0.3, -0.25) is 0 Å². The first-order valence-corrected chi connectivity index (χ1v) is 3.83. The first kappa shape index (κ1) is 13.8. The van der Waals surface area contributed by atoms with Crippen molar-refractivity contribution < 1.29 is 83.0 Å². The number of methoxy groups -OCH3 is 1. The van der Waals surface area contributed by atoms with Gasteiger partial charge in [-0.2, -0.15) is 0 Å². The first-order valence-electron chi connectivity index (χ1n) is 4.54. The summed E-state index contributed by atoms with van der Waals surface area (Å²) in [5.41, 5.74) is 0. The number of carbonyl (C=O) groups excluding carboxylic acids is 1. The largest absolute Gasteiger partial charge is 1.00 e. The topological polar surface area (TPSA) is 72.4 Å². The summed E-state index contributed by atoms with van der Waals surface area (Å²) in [5, 5.41) is 16.7. The van der Waals surface area contributed by atoms with Crippen molar-refractivity contribution in [1.29, 1.82) is 0 Å². The fourth-order valence-electron chi connectivity index (χ4n) is 0.528. The van der Waals surface area contributed by atoms with E-state index in [1.54, 1.807) is 24.3 Å². The molecule has 0 radical (unpaired) electrons. The Bertz CT molecular complexity index is 358. The van der Waals surface area contributed by atoms with Gasteiger partial charge in [0.2, 0.25) is 0 Å². The molecule has 0 aliphatic rings. The minimum Gasteiger partial charge on any atom is -0.652 e. The number of rotatable bonds is 1. The van der Waals surface area contributed by atoms with Crippen LogP contribution in [0.2, 0.25) is 0 Å². The van der Waals surface area contributed by atoms with Crippen LogP contribution in [0.5, 0.6) is 5.75 Å². The maximum absolute atomic E-state index is 8.33. The summed E-state index contributed by atoms with van der Waals surface area (Å²) in [7, 11) is -2.39. The third-order valence-electron chi connectivity index (χ3n) is 0.947. The molecular formula is C8H7BrNa2O4. The van der Waals surface area contributed by atoms with E-state index in [2.05, 4.69) is 20.7 Å². The average molecular weight is 296 g/mol. The minimum atomic E-state index is -2.39. The molecule has 0 saturated carbocycles. The predicted octanol–water partition coefficient (Wildman–Crippen LogP) is -5.98. The molecule has 1 aromatic carbocycles. The molecule has 0 bridgehead atoms. The Labute approximate surface area is 145 Å².